The van der Waals surface area contributed by atoms with Crippen LogP contribution >= 0.6 is 0 Å². The van der Waals surface area contributed by atoms with E-state index in [1.54, 1.807) is 6.92 Å². The second-order valence-electron chi connectivity index (χ2n) is 7.73. The van der Waals surface area contributed by atoms with Crippen molar-refractivity contribution >= 4 is 0 Å². The van der Waals surface area contributed by atoms with Crippen molar-refractivity contribution in [3.63, 3.8) is 0 Å². The van der Waals surface area contributed by atoms with Gasteiger partial charge in [-0.3, -0.25) is 0 Å². The van der Waals surface area contributed by atoms with Crippen molar-refractivity contribution in [2.75, 3.05) is 6.61 Å². The molecule has 0 aromatic heterocycles. The molecule has 27 heavy (non-hydrogen) atoms. The average molecular weight is 358 g/mol. The van der Waals surface area contributed by atoms with E-state index in [1.165, 1.54) is 38.9 Å². The Morgan fingerprint density at radius 2 is 1.63 bits per heavy atom. The summed E-state index contributed by atoms with van der Waals surface area (Å²) in [5, 5.41) is 9.54. The highest BCUT2D eigenvalue weighted by molar-refractivity contribution is 5.85. The highest BCUT2D eigenvalue weighted by Gasteiger charge is 2.21. The van der Waals surface area contributed by atoms with E-state index < -0.39 is 6.10 Å². The Hall–Kier alpha value is -2.58. The molecule has 0 heterocycles. The van der Waals surface area contributed by atoms with Crippen LogP contribution in [-0.2, 0) is 6.42 Å². The lowest BCUT2D eigenvalue weighted by Gasteiger charge is -2.17. The number of hydrogen-bond acceptors (Lipinski definition) is 2. The zero-order chi connectivity index (χ0) is 19.0. The van der Waals surface area contributed by atoms with Gasteiger partial charge in [0.1, 0.15) is 12.4 Å². The van der Waals surface area contributed by atoms with Crippen molar-refractivity contribution in [1.82, 2.24) is 0 Å². The highest BCUT2D eigenvalue weighted by Crippen LogP contribution is 2.42. The largest absolute Gasteiger partial charge is 0.491 e. The van der Waals surface area contributed by atoms with Gasteiger partial charge in [0.05, 0.1) is 6.10 Å². The smallest absolute Gasteiger partial charge is 0.122 e. The molecule has 0 saturated heterocycles. The van der Waals surface area contributed by atoms with Crippen molar-refractivity contribution in [3.8, 4) is 28.0 Å². The van der Waals surface area contributed by atoms with Crippen LogP contribution < -0.4 is 4.74 Å². The Bertz CT molecular complexity index is 970. The Kier molecular flexibility index (Phi) is 4.75. The van der Waals surface area contributed by atoms with Crippen molar-refractivity contribution < 1.29 is 9.84 Å². The molecule has 1 aliphatic rings. The van der Waals surface area contributed by atoms with Gasteiger partial charge in [-0.25, -0.2) is 0 Å². The van der Waals surface area contributed by atoms with Crippen LogP contribution in [-0.4, -0.2) is 17.8 Å². The maximum absolute atomic E-state index is 9.54. The predicted molar refractivity (Wildman–Crippen MR) is 111 cm³/mol. The lowest BCUT2D eigenvalue weighted by atomic mass is 9.92. The van der Waals surface area contributed by atoms with E-state index in [2.05, 4.69) is 74.5 Å². The molecule has 0 spiro atoms. The fourth-order valence-corrected chi connectivity index (χ4v) is 3.94. The van der Waals surface area contributed by atoms with E-state index in [4.69, 9.17) is 4.74 Å². The normalized spacial score (nSPS) is 13.4. The molecule has 2 nitrogen and oxygen atoms in total. The van der Waals surface area contributed by atoms with Gasteiger partial charge < -0.3 is 9.84 Å². The lowest BCUT2D eigenvalue weighted by Crippen LogP contribution is -2.13. The molecule has 0 aliphatic heterocycles. The number of aliphatic hydroxyl groups is 1. The molecule has 1 atom stereocenters. The Morgan fingerprint density at radius 1 is 0.889 bits per heavy atom. The average Bonchev–Trinajstić information content (AvgIpc) is 3.05. The third-order valence-electron chi connectivity index (χ3n) is 5.27. The van der Waals surface area contributed by atoms with Gasteiger partial charge in [-0.05, 0) is 70.3 Å². The van der Waals surface area contributed by atoms with Gasteiger partial charge in [-0.2, -0.15) is 0 Å². The lowest BCUT2D eigenvalue weighted by molar-refractivity contribution is 0.122. The molecule has 1 aliphatic carbocycles. The van der Waals surface area contributed by atoms with Crippen LogP contribution in [0, 0.1) is 0 Å². The van der Waals surface area contributed by atoms with Crippen molar-refractivity contribution in [3.05, 3.63) is 77.4 Å². The summed E-state index contributed by atoms with van der Waals surface area (Å²) in [6.45, 7) is 6.42. The Morgan fingerprint density at radius 3 is 2.41 bits per heavy atom. The van der Waals surface area contributed by atoms with Crippen molar-refractivity contribution in [2.24, 2.45) is 0 Å². The van der Waals surface area contributed by atoms with Crippen LogP contribution in [0.3, 0.4) is 0 Å². The zero-order valence-electron chi connectivity index (χ0n) is 16.2. The van der Waals surface area contributed by atoms with E-state index in [9.17, 15) is 5.11 Å². The van der Waals surface area contributed by atoms with Gasteiger partial charge in [0, 0.05) is 0 Å². The molecule has 0 radical (unpaired) electrons. The summed E-state index contributed by atoms with van der Waals surface area (Å²) in [5.41, 5.74) is 9.23. The third-order valence-corrected chi connectivity index (χ3v) is 5.27. The van der Waals surface area contributed by atoms with E-state index in [0.29, 0.717) is 12.5 Å². The molecule has 1 unspecified atom stereocenters. The molecule has 4 rings (SSSR count). The molecule has 3 aromatic rings. The number of hydrogen-bond donors (Lipinski definition) is 1. The van der Waals surface area contributed by atoms with Crippen molar-refractivity contribution in [1.29, 1.82) is 0 Å². The van der Waals surface area contributed by atoms with Gasteiger partial charge in [0.15, 0.2) is 0 Å². The minimum absolute atomic E-state index is 0.315. The maximum atomic E-state index is 9.54. The number of aliphatic hydroxyl groups excluding tert-OH is 1. The molecule has 0 bridgehead atoms. The van der Waals surface area contributed by atoms with E-state index in [-0.39, 0.29) is 0 Å². The first kappa shape index (κ1) is 17.8. The standard InChI is InChI=1S/C25H26O2/c1-16(2)23-13-19(11-12-25(23)27-15-17(3)26)21-9-6-10-22-20-8-5-4-7-18(20)14-24(21)22/h4-13,16-17,26H,14-15H2,1-3H3. The zero-order valence-corrected chi connectivity index (χ0v) is 16.2. The molecule has 2 heteroatoms. The minimum atomic E-state index is -0.472. The van der Waals surface area contributed by atoms with Crippen LogP contribution in [0.4, 0.5) is 0 Å². The maximum Gasteiger partial charge on any atom is 0.122 e. The van der Waals surface area contributed by atoms with Crippen LogP contribution in [0.5, 0.6) is 5.75 Å². The molecule has 138 valence electrons. The van der Waals surface area contributed by atoms with E-state index in [1.807, 2.05) is 0 Å². The predicted octanol–water partition coefficient (Wildman–Crippen LogP) is 5.81. The molecule has 3 aromatic carbocycles. The molecule has 0 saturated carbocycles. The second-order valence-corrected chi connectivity index (χ2v) is 7.73. The monoisotopic (exact) mass is 358 g/mol. The molecular formula is C25H26O2. The number of fused-ring (bicyclic) bond motifs is 3. The fourth-order valence-electron chi connectivity index (χ4n) is 3.94. The SMILES string of the molecule is CC(O)COc1ccc(-c2cccc3c2Cc2ccccc2-3)cc1C(C)C. The summed E-state index contributed by atoms with van der Waals surface area (Å²) < 4.78 is 5.84. The first-order valence-corrected chi connectivity index (χ1v) is 9.70. The first-order valence-electron chi connectivity index (χ1n) is 9.70. The van der Waals surface area contributed by atoms with Crippen LogP contribution in [0.25, 0.3) is 22.3 Å². The summed E-state index contributed by atoms with van der Waals surface area (Å²) in [4.78, 5) is 0. The minimum Gasteiger partial charge on any atom is -0.491 e. The Balaban J connectivity index is 1.76. The summed E-state index contributed by atoms with van der Waals surface area (Å²) in [6.07, 6.45) is 0.513. The molecule has 0 amide bonds. The first-order chi connectivity index (χ1) is 13.0. The van der Waals surface area contributed by atoms with Crippen LogP contribution in [0.2, 0.25) is 0 Å². The molecule has 1 N–H and O–H groups in total. The molecule has 0 fully saturated rings. The number of benzene rings is 3. The van der Waals surface area contributed by atoms with Crippen molar-refractivity contribution in [2.45, 2.75) is 39.2 Å². The van der Waals surface area contributed by atoms with Gasteiger partial charge in [-0.15, -0.1) is 0 Å². The van der Waals surface area contributed by atoms with E-state index >= 15 is 0 Å². The van der Waals surface area contributed by atoms with Crippen LogP contribution in [0.15, 0.2) is 60.7 Å². The summed E-state index contributed by atoms with van der Waals surface area (Å²) in [5.74, 6) is 1.22. The third kappa shape index (κ3) is 3.38. The highest BCUT2D eigenvalue weighted by atomic mass is 16.5. The van der Waals surface area contributed by atoms with E-state index in [0.717, 1.165) is 12.2 Å². The second kappa shape index (κ2) is 7.21. The quantitative estimate of drug-likeness (QED) is 0.488. The summed E-state index contributed by atoms with van der Waals surface area (Å²) >= 11 is 0. The Labute approximate surface area is 161 Å². The summed E-state index contributed by atoms with van der Waals surface area (Å²) in [7, 11) is 0. The molecular weight excluding hydrogens is 332 g/mol. The number of rotatable bonds is 5. The topological polar surface area (TPSA) is 29.5 Å². The van der Waals surface area contributed by atoms with Gasteiger partial charge in [-0.1, -0.05) is 62.4 Å². The number of ether oxygens (including phenoxy) is 1. The fraction of sp³-hybridized carbons (Fsp3) is 0.280. The van der Waals surface area contributed by atoms with Gasteiger partial charge in [0.25, 0.3) is 0 Å². The van der Waals surface area contributed by atoms with Crippen LogP contribution in [0.1, 0.15) is 43.4 Å². The van der Waals surface area contributed by atoms with Gasteiger partial charge >= 0.3 is 0 Å². The van der Waals surface area contributed by atoms with Gasteiger partial charge in [0.2, 0.25) is 0 Å². The summed E-state index contributed by atoms with van der Waals surface area (Å²) in [6, 6.07) is 21.7.